The maximum absolute atomic E-state index is 13.3. The Morgan fingerprint density at radius 3 is 2.57 bits per heavy atom. The lowest BCUT2D eigenvalue weighted by Gasteiger charge is -2.20. The molecule has 0 saturated carbocycles. The summed E-state index contributed by atoms with van der Waals surface area (Å²) in [4.78, 5) is 34.5. The quantitative estimate of drug-likeness (QED) is 0.468. The van der Waals surface area contributed by atoms with Crippen molar-refractivity contribution in [1.82, 2.24) is 4.90 Å². The van der Waals surface area contributed by atoms with Gasteiger partial charge in [-0.05, 0) is 6.07 Å². The van der Waals surface area contributed by atoms with E-state index >= 15 is 0 Å². The molecule has 0 saturated heterocycles. The van der Waals surface area contributed by atoms with Gasteiger partial charge in [0.05, 0.1) is 24.0 Å². The second-order valence-electron chi connectivity index (χ2n) is 4.57. The van der Waals surface area contributed by atoms with Crippen LogP contribution in [0, 0.1) is 21.8 Å². The molecule has 1 aromatic rings. The average Bonchev–Trinajstić information content (AvgIpc) is 2.44. The zero-order valence-electron chi connectivity index (χ0n) is 11.8. The van der Waals surface area contributed by atoms with Gasteiger partial charge < -0.3 is 9.64 Å². The van der Waals surface area contributed by atoms with Crippen LogP contribution >= 0.6 is 0 Å². The van der Waals surface area contributed by atoms with E-state index in [1.807, 2.05) is 0 Å². The number of benzene rings is 1. The Hall–Kier alpha value is -2.51. The maximum Gasteiger partial charge on any atom is 0.310 e. The minimum absolute atomic E-state index is 0.0514. The molecule has 0 aliphatic carbocycles. The molecular weight excluding hydrogens is 283 g/mol. The van der Waals surface area contributed by atoms with Gasteiger partial charge in [0, 0.05) is 25.2 Å². The summed E-state index contributed by atoms with van der Waals surface area (Å²) in [5.74, 6) is -2.54. The Kier molecular flexibility index (Phi) is 5.34. The number of non-ortho nitro benzene ring substituents is 1. The number of esters is 1. The number of nitro groups is 1. The number of amides is 1. The largest absolute Gasteiger partial charge is 0.469 e. The summed E-state index contributed by atoms with van der Waals surface area (Å²) in [5, 5.41) is 10.7. The van der Waals surface area contributed by atoms with Crippen molar-refractivity contribution >= 4 is 17.6 Å². The Balaban J connectivity index is 2.92. The first-order valence-electron chi connectivity index (χ1n) is 6.04. The Morgan fingerprint density at radius 2 is 2.05 bits per heavy atom. The first-order valence-corrected chi connectivity index (χ1v) is 6.04. The van der Waals surface area contributed by atoms with Crippen molar-refractivity contribution in [1.29, 1.82) is 0 Å². The molecule has 0 bridgehead atoms. The van der Waals surface area contributed by atoms with E-state index in [0.717, 1.165) is 18.2 Å². The fourth-order valence-corrected chi connectivity index (χ4v) is 1.79. The number of methoxy groups -OCH3 is 1. The van der Waals surface area contributed by atoms with E-state index in [-0.39, 0.29) is 12.1 Å². The predicted octanol–water partition coefficient (Wildman–Crippen LogP) is 1.61. The van der Waals surface area contributed by atoms with Gasteiger partial charge in [-0.25, -0.2) is 4.39 Å². The second kappa shape index (κ2) is 6.78. The van der Waals surface area contributed by atoms with Gasteiger partial charge in [0.15, 0.2) is 0 Å². The molecule has 8 heteroatoms. The maximum atomic E-state index is 13.3. The summed E-state index contributed by atoms with van der Waals surface area (Å²) < 4.78 is 17.8. The van der Waals surface area contributed by atoms with E-state index in [9.17, 15) is 24.1 Å². The topological polar surface area (TPSA) is 89.8 Å². The highest BCUT2D eigenvalue weighted by Gasteiger charge is 2.21. The lowest BCUT2D eigenvalue weighted by atomic mass is 10.1. The van der Waals surface area contributed by atoms with Gasteiger partial charge in [0.25, 0.3) is 11.6 Å². The predicted molar refractivity (Wildman–Crippen MR) is 71.2 cm³/mol. The normalized spacial score (nSPS) is 11.6. The van der Waals surface area contributed by atoms with Crippen LogP contribution in [0.15, 0.2) is 18.2 Å². The van der Waals surface area contributed by atoms with Gasteiger partial charge >= 0.3 is 5.97 Å². The molecule has 0 heterocycles. The number of ether oxygens (including phenoxy) is 1. The number of nitro benzene ring substituents is 1. The summed E-state index contributed by atoms with van der Waals surface area (Å²) in [7, 11) is 2.65. The van der Waals surface area contributed by atoms with Crippen LogP contribution in [0.4, 0.5) is 10.1 Å². The molecule has 0 aliphatic heterocycles. The molecule has 7 nitrogen and oxygen atoms in total. The lowest BCUT2D eigenvalue weighted by molar-refractivity contribution is -0.385. The number of halogens is 1. The molecular formula is C13H15FN2O5. The summed E-state index contributed by atoms with van der Waals surface area (Å²) in [6.45, 7) is 1.62. The smallest absolute Gasteiger partial charge is 0.310 e. The molecule has 0 aliphatic rings. The van der Waals surface area contributed by atoms with Crippen molar-refractivity contribution < 1.29 is 23.6 Å². The van der Waals surface area contributed by atoms with Crippen LogP contribution in [0.2, 0.25) is 0 Å². The average molecular weight is 298 g/mol. The van der Waals surface area contributed by atoms with Gasteiger partial charge in [-0.15, -0.1) is 0 Å². The highest BCUT2D eigenvalue weighted by atomic mass is 19.1. The van der Waals surface area contributed by atoms with Crippen molar-refractivity contribution in [2.45, 2.75) is 6.92 Å². The Labute approximate surface area is 120 Å². The molecule has 0 radical (unpaired) electrons. The van der Waals surface area contributed by atoms with Crippen LogP contribution in [-0.4, -0.2) is 42.4 Å². The Bertz CT molecular complexity index is 576. The number of hydrogen-bond donors (Lipinski definition) is 0. The van der Waals surface area contributed by atoms with Gasteiger partial charge in [0.2, 0.25) is 0 Å². The van der Waals surface area contributed by atoms with Crippen LogP contribution in [0.1, 0.15) is 17.3 Å². The SMILES string of the molecule is COC(=O)C(C)CN(C)C(=O)c1cc(F)cc([N+](=O)[O-])c1. The molecule has 0 N–H and O–H groups in total. The van der Waals surface area contributed by atoms with E-state index in [1.54, 1.807) is 6.92 Å². The standard InChI is InChI=1S/C13H15FN2O5/c1-8(13(18)21-3)7-15(2)12(17)9-4-10(14)6-11(5-9)16(19)20/h4-6,8H,7H2,1-3H3. The van der Waals surface area contributed by atoms with Crippen LogP contribution < -0.4 is 0 Å². The zero-order chi connectivity index (χ0) is 16.2. The van der Waals surface area contributed by atoms with Gasteiger partial charge in [-0.1, -0.05) is 6.92 Å². The summed E-state index contributed by atoms with van der Waals surface area (Å²) in [6, 6.07) is 2.63. The number of carbonyl (C=O) groups is 2. The van der Waals surface area contributed by atoms with E-state index < -0.39 is 34.2 Å². The molecule has 114 valence electrons. The highest BCUT2D eigenvalue weighted by molar-refractivity contribution is 5.95. The van der Waals surface area contributed by atoms with Crippen LogP contribution in [0.25, 0.3) is 0 Å². The molecule has 1 atom stereocenters. The fraction of sp³-hybridized carbons (Fsp3) is 0.385. The van der Waals surface area contributed by atoms with E-state index in [4.69, 9.17) is 0 Å². The summed E-state index contributed by atoms with van der Waals surface area (Å²) in [5.41, 5.74) is -0.658. The van der Waals surface area contributed by atoms with Crippen molar-refractivity contribution in [3.8, 4) is 0 Å². The highest BCUT2D eigenvalue weighted by Crippen LogP contribution is 2.18. The third kappa shape index (κ3) is 4.23. The third-order valence-electron chi connectivity index (χ3n) is 2.84. The first kappa shape index (κ1) is 16.5. The van der Waals surface area contributed by atoms with Crippen LogP contribution in [-0.2, 0) is 9.53 Å². The minimum Gasteiger partial charge on any atom is -0.469 e. The number of hydrogen-bond acceptors (Lipinski definition) is 5. The monoisotopic (exact) mass is 298 g/mol. The molecule has 1 aromatic carbocycles. The lowest BCUT2D eigenvalue weighted by Crippen LogP contribution is -2.34. The van der Waals surface area contributed by atoms with E-state index in [1.165, 1.54) is 19.1 Å². The van der Waals surface area contributed by atoms with Crippen molar-refractivity contribution in [3.05, 3.63) is 39.7 Å². The zero-order valence-corrected chi connectivity index (χ0v) is 11.8. The molecule has 0 aromatic heterocycles. The Morgan fingerprint density at radius 1 is 1.43 bits per heavy atom. The van der Waals surface area contributed by atoms with E-state index in [0.29, 0.717) is 0 Å². The molecule has 0 fully saturated rings. The minimum atomic E-state index is -0.873. The van der Waals surface area contributed by atoms with Gasteiger partial charge in [0.1, 0.15) is 5.82 Å². The molecule has 0 spiro atoms. The molecule has 21 heavy (non-hydrogen) atoms. The molecule has 1 amide bonds. The molecule has 1 rings (SSSR count). The van der Waals surface area contributed by atoms with Gasteiger partial charge in [-0.3, -0.25) is 19.7 Å². The van der Waals surface area contributed by atoms with Crippen LogP contribution in [0.5, 0.6) is 0 Å². The van der Waals surface area contributed by atoms with Crippen molar-refractivity contribution in [2.24, 2.45) is 5.92 Å². The third-order valence-corrected chi connectivity index (χ3v) is 2.84. The summed E-state index contributed by atoms with van der Waals surface area (Å²) in [6.07, 6.45) is 0. The second-order valence-corrected chi connectivity index (χ2v) is 4.57. The summed E-state index contributed by atoms with van der Waals surface area (Å²) >= 11 is 0. The number of nitrogens with zero attached hydrogens (tertiary/aromatic N) is 2. The fourth-order valence-electron chi connectivity index (χ4n) is 1.79. The number of rotatable bonds is 5. The van der Waals surface area contributed by atoms with Crippen molar-refractivity contribution in [2.75, 3.05) is 20.7 Å². The number of carbonyl (C=O) groups excluding carboxylic acids is 2. The van der Waals surface area contributed by atoms with Gasteiger partial charge in [-0.2, -0.15) is 0 Å². The first-order chi connectivity index (χ1) is 9.76. The van der Waals surface area contributed by atoms with Crippen LogP contribution in [0.3, 0.4) is 0 Å². The molecule has 1 unspecified atom stereocenters. The van der Waals surface area contributed by atoms with Crippen molar-refractivity contribution in [3.63, 3.8) is 0 Å². The van der Waals surface area contributed by atoms with E-state index in [2.05, 4.69) is 4.74 Å².